The summed E-state index contributed by atoms with van der Waals surface area (Å²) in [6.45, 7) is 0.740. The van der Waals surface area contributed by atoms with Gasteiger partial charge in [0.1, 0.15) is 5.82 Å². The molecule has 0 aliphatic carbocycles. The molecule has 2 aromatic rings. The van der Waals surface area contributed by atoms with Crippen molar-refractivity contribution in [2.24, 2.45) is 0 Å². The summed E-state index contributed by atoms with van der Waals surface area (Å²) in [6, 6.07) is 5.85. The van der Waals surface area contributed by atoms with E-state index in [0.29, 0.717) is 0 Å². The highest BCUT2D eigenvalue weighted by molar-refractivity contribution is 9.10. The molecule has 0 radical (unpaired) electrons. The molecule has 0 bridgehead atoms. The van der Waals surface area contributed by atoms with Crippen LogP contribution < -0.4 is 5.32 Å². The number of aromatic amines is 1. The average molecular weight is 280 g/mol. The zero-order chi connectivity index (χ0) is 11.1. The lowest BCUT2D eigenvalue weighted by Crippen LogP contribution is -2.18. The standard InChI is InChI=1S/C11H10BrN3O/c12-6-1-2-8-9(5-6)15-10(14-8)7-3-4-13-11(7)16/h1-2,5,7H,3-4H2,(H,13,16)(H,14,15). The molecule has 1 aromatic carbocycles. The quantitative estimate of drug-likeness (QED) is 0.838. The van der Waals surface area contributed by atoms with Gasteiger partial charge in [0.25, 0.3) is 0 Å². The van der Waals surface area contributed by atoms with Gasteiger partial charge in [0.05, 0.1) is 17.0 Å². The van der Waals surface area contributed by atoms with E-state index in [9.17, 15) is 4.79 Å². The third kappa shape index (κ3) is 1.51. The minimum Gasteiger partial charge on any atom is -0.355 e. The number of halogens is 1. The summed E-state index contributed by atoms with van der Waals surface area (Å²) in [7, 11) is 0. The number of benzene rings is 1. The van der Waals surface area contributed by atoms with Crippen molar-refractivity contribution in [1.82, 2.24) is 15.3 Å². The molecule has 3 rings (SSSR count). The number of imidazole rings is 1. The number of aromatic nitrogens is 2. The molecule has 2 N–H and O–H groups in total. The molecule has 1 amide bonds. The maximum absolute atomic E-state index is 11.5. The van der Waals surface area contributed by atoms with Crippen LogP contribution in [0.25, 0.3) is 11.0 Å². The number of fused-ring (bicyclic) bond motifs is 1. The number of amides is 1. The van der Waals surface area contributed by atoms with Crippen molar-refractivity contribution in [2.75, 3.05) is 6.54 Å². The molecule has 1 saturated heterocycles. The molecular weight excluding hydrogens is 270 g/mol. The Balaban J connectivity index is 2.08. The normalized spacial score (nSPS) is 20.3. The summed E-state index contributed by atoms with van der Waals surface area (Å²) < 4.78 is 1.01. The van der Waals surface area contributed by atoms with Crippen LogP contribution in [0.5, 0.6) is 0 Å². The largest absolute Gasteiger partial charge is 0.355 e. The van der Waals surface area contributed by atoms with Gasteiger partial charge in [0.2, 0.25) is 5.91 Å². The number of H-pyrrole nitrogens is 1. The van der Waals surface area contributed by atoms with Crippen molar-refractivity contribution in [3.63, 3.8) is 0 Å². The number of hydrogen-bond donors (Lipinski definition) is 2. The molecule has 1 atom stereocenters. The van der Waals surface area contributed by atoms with Crippen LogP contribution >= 0.6 is 15.9 Å². The summed E-state index contributed by atoms with van der Waals surface area (Å²) in [5, 5.41) is 2.82. The first-order chi connectivity index (χ1) is 7.74. The predicted molar refractivity (Wildman–Crippen MR) is 64.2 cm³/mol. The van der Waals surface area contributed by atoms with E-state index >= 15 is 0 Å². The van der Waals surface area contributed by atoms with Crippen LogP contribution in [0.3, 0.4) is 0 Å². The van der Waals surface area contributed by atoms with Gasteiger partial charge in [0.15, 0.2) is 0 Å². The number of rotatable bonds is 1. The lowest BCUT2D eigenvalue weighted by atomic mass is 10.1. The van der Waals surface area contributed by atoms with E-state index in [1.807, 2.05) is 18.2 Å². The molecule has 5 heteroatoms. The fourth-order valence-electron chi connectivity index (χ4n) is 2.02. The van der Waals surface area contributed by atoms with Gasteiger partial charge in [-0.05, 0) is 24.6 Å². The Morgan fingerprint density at radius 3 is 3.06 bits per heavy atom. The Morgan fingerprint density at radius 1 is 1.44 bits per heavy atom. The van der Waals surface area contributed by atoms with Gasteiger partial charge in [-0.15, -0.1) is 0 Å². The van der Waals surface area contributed by atoms with Crippen molar-refractivity contribution >= 4 is 32.9 Å². The number of carbonyl (C=O) groups is 1. The fraction of sp³-hybridized carbons (Fsp3) is 0.273. The highest BCUT2D eigenvalue weighted by Gasteiger charge is 2.28. The molecule has 1 fully saturated rings. The molecule has 0 saturated carbocycles. The lowest BCUT2D eigenvalue weighted by molar-refractivity contribution is -0.120. The molecule has 1 aliphatic rings. The van der Waals surface area contributed by atoms with Crippen LogP contribution in [0.4, 0.5) is 0 Å². The summed E-state index contributed by atoms with van der Waals surface area (Å²) in [6.07, 6.45) is 0.819. The number of hydrogen-bond acceptors (Lipinski definition) is 2. The van der Waals surface area contributed by atoms with E-state index < -0.39 is 0 Å². The zero-order valence-corrected chi connectivity index (χ0v) is 10.0. The van der Waals surface area contributed by atoms with Gasteiger partial charge >= 0.3 is 0 Å². The van der Waals surface area contributed by atoms with Crippen molar-refractivity contribution in [3.8, 4) is 0 Å². The third-order valence-electron chi connectivity index (χ3n) is 2.84. The van der Waals surface area contributed by atoms with Crippen LogP contribution in [0.1, 0.15) is 18.2 Å². The SMILES string of the molecule is O=C1NCCC1c1nc2ccc(Br)cc2[nH]1. The first-order valence-corrected chi connectivity index (χ1v) is 5.96. The van der Waals surface area contributed by atoms with Gasteiger partial charge < -0.3 is 10.3 Å². The minimum absolute atomic E-state index is 0.0677. The Morgan fingerprint density at radius 2 is 2.31 bits per heavy atom. The number of nitrogens with zero attached hydrogens (tertiary/aromatic N) is 1. The number of nitrogens with one attached hydrogen (secondary N) is 2. The summed E-state index contributed by atoms with van der Waals surface area (Å²) in [5.74, 6) is 0.715. The van der Waals surface area contributed by atoms with Crippen molar-refractivity contribution in [3.05, 3.63) is 28.5 Å². The summed E-state index contributed by atoms with van der Waals surface area (Å²) in [5.41, 5.74) is 1.86. The second kappa shape index (κ2) is 3.59. The average Bonchev–Trinajstić information content (AvgIpc) is 2.82. The lowest BCUT2D eigenvalue weighted by Gasteiger charge is -2.00. The first-order valence-electron chi connectivity index (χ1n) is 5.17. The first kappa shape index (κ1) is 9.84. The topological polar surface area (TPSA) is 57.8 Å². The molecule has 1 aliphatic heterocycles. The molecule has 16 heavy (non-hydrogen) atoms. The van der Waals surface area contributed by atoms with Gasteiger partial charge in [-0.2, -0.15) is 0 Å². The predicted octanol–water partition coefficient (Wildman–Crippen LogP) is 1.93. The Labute approximate surface area is 101 Å². The van der Waals surface area contributed by atoms with Crippen molar-refractivity contribution in [2.45, 2.75) is 12.3 Å². The maximum Gasteiger partial charge on any atom is 0.230 e. The van der Waals surface area contributed by atoms with Crippen LogP contribution in [0.15, 0.2) is 22.7 Å². The maximum atomic E-state index is 11.5. The van der Waals surface area contributed by atoms with Crippen LogP contribution in [-0.4, -0.2) is 22.4 Å². The molecule has 4 nitrogen and oxygen atoms in total. The van der Waals surface area contributed by atoms with E-state index in [0.717, 1.165) is 34.3 Å². The Bertz CT molecular complexity index is 563. The molecule has 1 unspecified atom stereocenters. The van der Waals surface area contributed by atoms with Gasteiger partial charge in [-0.25, -0.2) is 4.98 Å². The molecule has 82 valence electrons. The monoisotopic (exact) mass is 279 g/mol. The summed E-state index contributed by atoms with van der Waals surface area (Å²) in [4.78, 5) is 19.2. The Hall–Kier alpha value is -1.36. The van der Waals surface area contributed by atoms with Crippen LogP contribution in [-0.2, 0) is 4.79 Å². The van der Waals surface area contributed by atoms with Crippen LogP contribution in [0.2, 0.25) is 0 Å². The van der Waals surface area contributed by atoms with Crippen LogP contribution in [0, 0.1) is 0 Å². The molecular formula is C11H10BrN3O. The van der Waals surface area contributed by atoms with Gasteiger partial charge in [0, 0.05) is 11.0 Å². The van der Waals surface area contributed by atoms with E-state index in [1.54, 1.807) is 0 Å². The summed E-state index contributed by atoms with van der Waals surface area (Å²) >= 11 is 3.41. The smallest absolute Gasteiger partial charge is 0.230 e. The highest BCUT2D eigenvalue weighted by Crippen LogP contribution is 2.25. The zero-order valence-electron chi connectivity index (χ0n) is 8.46. The Kier molecular flexibility index (Phi) is 2.21. The third-order valence-corrected chi connectivity index (χ3v) is 3.33. The van der Waals surface area contributed by atoms with Crippen molar-refractivity contribution in [1.29, 1.82) is 0 Å². The van der Waals surface area contributed by atoms with E-state index in [4.69, 9.17) is 0 Å². The fourth-order valence-corrected chi connectivity index (χ4v) is 2.38. The van der Waals surface area contributed by atoms with Crippen molar-refractivity contribution < 1.29 is 4.79 Å². The second-order valence-corrected chi connectivity index (χ2v) is 4.83. The number of carbonyl (C=O) groups excluding carboxylic acids is 1. The highest BCUT2D eigenvalue weighted by atomic mass is 79.9. The molecule has 1 aromatic heterocycles. The van der Waals surface area contributed by atoms with E-state index in [-0.39, 0.29) is 11.8 Å². The van der Waals surface area contributed by atoms with E-state index in [1.165, 1.54) is 0 Å². The van der Waals surface area contributed by atoms with Gasteiger partial charge in [-0.1, -0.05) is 15.9 Å². The molecule has 2 heterocycles. The van der Waals surface area contributed by atoms with Gasteiger partial charge in [-0.3, -0.25) is 4.79 Å². The second-order valence-electron chi connectivity index (χ2n) is 3.92. The minimum atomic E-state index is -0.119. The molecule has 0 spiro atoms. The van der Waals surface area contributed by atoms with E-state index in [2.05, 4.69) is 31.2 Å².